The number of nitrogens with one attached hydrogen (secondary N) is 1. The molecule has 0 aromatic heterocycles. The zero-order chi connectivity index (χ0) is 18.8. The molecule has 0 aromatic rings. The van der Waals surface area contributed by atoms with Crippen LogP contribution in [0.15, 0.2) is 0 Å². The van der Waals surface area contributed by atoms with Crippen LogP contribution in [0.2, 0.25) is 18.1 Å². The monoisotopic (exact) mass is 359 g/mol. The van der Waals surface area contributed by atoms with E-state index < -0.39 is 20.0 Å². The largest absolute Gasteiger partial charge is 0.465 e. The van der Waals surface area contributed by atoms with Crippen molar-refractivity contribution in [3.05, 3.63) is 0 Å². The highest BCUT2D eigenvalue weighted by Crippen LogP contribution is 2.37. The lowest BCUT2D eigenvalue weighted by atomic mass is 9.96. The Balaban J connectivity index is 2.69. The summed E-state index contributed by atoms with van der Waals surface area (Å²) in [4.78, 5) is 23.6. The third-order valence-corrected chi connectivity index (χ3v) is 9.08. The van der Waals surface area contributed by atoms with Crippen LogP contribution in [-0.2, 0) is 18.7 Å². The van der Waals surface area contributed by atoms with Crippen LogP contribution in [0, 0.1) is 5.92 Å². The number of rotatable bonds is 4. The lowest BCUT2D eigenvalue weighted by Crippen LogP contribution is -2.51. The predicted molar refractivity (Wildman–Crippen MR) is 95.4 cm³/mol. The van der Waals surface area contributed by atoms with Gasteiger partial charge in [0.15, 0.2) is 8.32 Å². The van der Waals surface area contributed by atoms with Crippen molar-refractivity contribution in [2.45, 2.75) is 77.7 Å². The first-order valence-corrected chi connectivity index (χ1v) is 11.4. The Hall–Kier alpha value is -1.08. The van der Waals surface area contributed by atoms with Crippen LogP contribution in [0.3, 0.4) is 0 Å². The molecule has 2 atom stereocenters. The van der Waals surface area contributed by atoms with Crippen LogP contribution in [0.4, 0.5) is 4.79 Å². The Bertz CT molecular complexity index is 465. The maximum Gasteiger partial charge on any atom is 0.407 e. The molecule has 0 saturated carbocycles. The van der Waals surface area contributed by atoms with E-state index in [9.17, 15) is 9.59 Å². The molecule has 1 heterocycles. The van der Waals surface area contributed by atoms with Crippen molar-refractivity contribution in [2.75, 3.05) is 13.2 Å². The maximum absolute atomic E-state index is 12.0. The minimum absolute atomic E-state index is 0.0654. The van der Waals surface area contributed by atoms with Crippen LogP contribution in [0.1, 0.15) is 48.0 Å². The van der Waals surface area contributed by atoms with E-state index in [-0.39, 0.29) is 36.0 Å². The molecule has 1 saturated heterocycles. The van der Waals surface area contributed by atoms with Crippen LogP contribution in [-0.4, -0.2) is 45.2 Å². The number of hydrogen-bond donors (Lipinski definition) is 1. The Kier molecular flexibility index (Phi) is 6.49. The van der Waals surface area contributed by atoms with Gasteiger partial charge in [-0.1, -0.05) is 20.8 Å². The predicted octanol–water partition coefficient (Wildman–Crippen LogP) is 3.46. The van der Waals surface area contributed by atoms with Crippen molar-refractivity contribution in [3.8, 4) is 0 Å². The molecule has 1 fully saturated rings. The molecule has 6 nitrogen and oxygen atoms in total. The topological polar surface area (TPSA) is 73.9 Å². The summed E-state index contributed by atoms with van der Waals surface area (Å²) >= 11 is 0. The smallest absolute Gasteiger partial charge is 0.407 e. The molecule has 0 bridgehead atoms. The van der Waals surface area contributed by atoms with Gasteiger partial charge in [0.05, 0.1) is 19.1 Å². The van der Waals surface area contributed by atoms with Gasteiger partial charge in [0, 0.05) is 12.5 Å². The van der Waals surface area contributed by atoms with Crippen LogP contribution in [0.5, 0.6) is 0 Å². The zero-order valence-electron chi connectivity index (χ0n) is 16.3. The number of carbonyl (C=O) groups is 2. The molecule has 24 heavy (non-hydrogen) atoms. The molecule has 0 radical (unpaired) electrons. The summed E-state index contributed by atoms with van der Waals surface area (Å²) in [5.74, 6) is -0.371. The second kappa shape index (κ2) is 7.43. The van der Waals surface area contributed by atoms with E-state index in [1.807, 2.05) is 0 Å². The van der Waals surface area contributed by atoms with Crippen molar-refractivity contribution in [1.82, 2.24) is 5.32 Å². The van der Waals surface area contributed by atoms with Crippen LogP contribution < -0.4 is 5.32 Å². The fraction of sp³-hybridized carbons (Fsp3) is 0.882. The maximum atomic E-state index is 12.0. The minimum Gasteiger partial charge on any atom is -0.465 e. The van der Waals surface area contributed by atoms with Gasteiger partial charge < -0.3 is 19.2 Å². The second-order valence-electron chi connectivity index (χ2n) is 8.97. The van der Waals surface area contributed by atoms with Crippen molar-refractivity contribution in [1.29, 1.82) is 0 Å². The SMILES string of the molecule is CC(C)(C)OC(=O)N[C@@H]1CC(=O)OC[C@H]1CO[Si](C)(C)C(C)(C)C. The number of cyclic esters (lactones) is 1. The standard InChI is InChI=1S/C17H33NO5Si/c1-16(2,3)23-15(20)18-13-9-14(19)21-10-12(13)11-22-24(7,8)17(4,5)6/h12-13H,9-11H2,1-8H3,(H,18,20)/t12-,13+/m0/s1. The van der Waals surface area contributed by atoms with E-state index >= 15 is 0 Å². The second-order valence-corrected chi connectivity index (χ2v) is 13.8. The molecule has 1 aliphatic rings. The van der Waals surface area contributed by atoms with E-state index in [0.717, 1.165) is 0 Å². The fourth-order valence-electron chi connectivity index (χ4n) is 2.05. The van der Waals surface area contributed by atoms with Crippen molar-refractivity contribution < 1.29 is 23.5 Å². The Labute approximate surface area is 146 Å². The first kappa shape index (κ1) is 21.0. The highest BCUT2D eigenvalue weighted by molar-refractivity contribution is 6.74. The summed E-state index contributed by atoms with van der Waals surface area (Å²) in [5.41, 5.74) is -0.577. The van der Waals surface area contributed by atoms with Gasteiger partial charge in [-0.25, -0.2) is 4.79 Å². The summed E-state index contributed by atoms with van der Waals surface area (Å²) in [7, 11) is -1.90. The molecule has 0 aromatic carbocycles. The van der Waals surface area contributed by atoms with E-state index in [1.54, 1.807) is 20.8 Å². The first-order chi connectivity index (χ1) is 10.7. The normalized spacial score (nSPS) is 22.8. The van der Waals surface area contributed by atoms with Gasteiger partial charge in [-0.3, -0.25) is 4.79 Å². The molecule has 0 unspecified atom stereocenters. The average molecular weight is 360 g/mol. The van der Waals surface area contributed by atoms with E-state index in [1.165, 1.54) is 0 Å². The van der Waals surface area contributed by atoms with E-state index in [4.69, 9.17) is 13.9 Å². The summed E-state index contributed by atoms with van der Waals surface area (Å²) < 4.78 is 16.7. The number of alkyl carbamates (subject to hydrolysis) is 1. The third kappa shape index (κ3) is 6.43. The highest BCUT2D eigenvalue weighted by Gasteiger charge is 2.40. The quantitative estimate of drug-likeness (QED) is 0.614. The Morgan fingerprint density at radius 3 is 2.33 bits per heavy atom. The van der Waals surface area contributed by atoms with Gasteiger partial charge in [0.25, 0.3) is 0 Å². The molecule has 0 aliphatic carbocycles. The molecule has 1 amide bonds. The first-order valence-electron chi connectivity index (χ1n) is 8.50. The lowest BCUT2D eigenvalue weighted by molar-refractivity contribution is -0.151. The molecule has 1 N–H and O–H groups in total. The number of hydrogen-bond acceptors (Lipinski definition) is 5. The lowest BCUT2D eigenvalue weighted by Gasteiger charge is -2.39. The van der Waals surface area contributed by atoms with E-state index in [0.29, 0.717) is 6.61 Å². The van der Waals surface area contributed by atoms with Crippen LogP contribution >= 0.6 is 0 Å². The van der Waals surface area contributed by atoms with Gasteiger partial charge in [-0.15, -0.1) is 0 Å². The third-order valence-electron chi connectivity index (χ3n) is 4.58. The molecular formula is C17H33NO5Si. The van der Waals surface area contributed by atoms with Crippen molar-refractivity contribution in [3.63, 3.8) is 0 Å². The number of esters is 1. The van der Waals surface area contributed by atoms with Gasteiger partial charge in [-0.05, 0) is 38.9 Å². The molecule has 7 heteroatoms. The molecule has 140 valence electrons. The number of ether oxygens (including phenoxy) is 2. The summed E-state index contributed by atoms with van der Waals surface area (Å²) in [6.07, 6.45) is -0.371. The highest BCUT2D eigenvalue weighted by atomic mass is 28.4. The Morgan fingerprint density at radius 1 is 1.25 bits per heavy atom. The molecular weight excluding hydrogens is 326 g/mol. The number of carbonyl (C=O) groups excluding carboxylic acids is 2. The molecule has 1 aliphatic heterocycles. The molecule has 0 spiro atoms. The van der Waals surface area contributed by atoms with Crippen molar-refractivity contribution >= 4 is 20.4 Å². The van der Waals surface area contributed by atoms with Gasteiger partial charge in [-0.2, -0.15) is 0 Å². The average Bonchev–Trinajstić information content (AvgIpc) is 2.33. The summed E-state index contributed by atoms with van der Waals surface area (Å²) in [6.45, 7) is 17.0. The number of amides is 1. The van der Waals surface area contributed by atoms with Gasteiger partial charge in [0.1, 0.15) is 5.60 Å². The summed E-state index contributed by atoms with van der Waals surface area (Å²) in [5, 5.41) is 2.91. The summed E-state index contributed by atoms with van der Waals surface area (Å²) in [6, 6.07) is -0.328. The van der Waals surface area contributed by atoms with E-state index in [2.05, 4.69) is 39.2 Å². The van der Waals surface area contributed by atoms with Crippen molar-refractivity contribution in [2.24, 2.45) is 5.92 Å². The minimum atomic E-state index is -1.90. The van der Waals surface area contributed by atoms with Crippen LogP contribution in [0.25, 0.3) is 0 Å². The Morgan fingerprint density at radius 2 is 1.83 bits per heavy atom. The van der Waals surface area contributed by atoms with Gasteiger partial charge >= 0.3 is 12.1 Å². The van der Waals surface area contributed by atoms with Gasteiger partial charge in [0.2, 0.25) is 0 Å². The zero-order valence-corrected chi connectivity index (χ0v) is 17.3. The molecule has 1 rings (SSSR count). The fourth-order valence-corrected chi connectivity index (χ4v) is 3.11.